The van der Waals surface area contributed by atoms with Crippen LogP contribution in [0.2, 0.25) is 0 Å². The Morgan fingerprint density at radius 2 is 1.89 bits per heavy atom. The first-order valence-electron chi connectivity index (χ1n) is 8.50. The van der Waals surface area contributed by atoms with Gasteiger partial charge in [0, 0.05) is 25.4 Å². The highest BCUT2D eigenvalue weighted by Crippen LogP contribution is 2.21. The van der Waals surface area contributed by atoms with Gasteiger partial charge in [0.15, 0.2) is 0 Å². The third kappa shape index (κ3) is 6.06. The molecule has 7 nitrogen and oxygen atoms in total. The summed E-state index contributed by atoms with van der Waals surface area (Å²) in [6, 6.07) is 13.4. The Labute approximate surface area is 159 Å². The third-order valence-corrected chi connectivity index (χ3v) is 5.46. The summed E-state index contributed by atoms with van der Waals surface area (Å²) < 4.78 is 32.2. The van der Waals surface area contributed by atoms with Crippen molar-refractivity contribution in [2.75, 3.05) is 25.6 Å². The summed E-state index contributed by atoms with van der Waals surface area (Å²) in [7, 11) is -2.36. The monoisotopic (exact) mass is 392 g/mol. The maximum atomic E-state index is 12.4. The van der Waals surface area contributed by atoms with Gasteiger partial charge in [-0.1, -0.05) is 30.3 Å². The summed E-state index contributed by atoms with van der Waals surface area (Å²) in [5.41, 5.74) is 1.41. The van der Waals surface area contributed by atoms with Crippen molar-refractivity contribution in [3.05, 3.63) is 59.7 Å². The summed E-state index contributed by atoms with van der Waals surface area (Å²) >= 11 is 0. The number of benzene rings is 2. The van der Waals surface area contributed by atoms with E-state index in [0.717, 1.165) is 18.1 Å². The van der Waals surface area contributed by atoms with E-state index in [2.05, 4.69) is 10.0 Å². The molecule has 27 heavy (non-hydrogen) atoms. The van der Waals surface area contributed by atoms with Crippen molar-refractivity contribution >= 4 is 21.7 Å². The second kappa shape index (κ2) is 9.50. The molecular weight excluding hydrogens is 368 g/mol. The molecule has 0 spiro atoms. The van der Waals surface area contributed by atoms with Crippen molar-refractivity contribution in [1.82, 2.24) is 4.72 Å². The second-order valence-electron chi connectivity index (χ2n) is 6.15. The Morgan fingerprint density at radius 3 is 2.52 bits per heavy atom. The number of carboxylic acids is 1. The van der Waals surface area contributed by atoms with Crippen LogP contribution in [0.15, 0.2) is 53.4 Å². The van der Waals surface area contributed by atoms with Gasteiger partial charge in [0.05, 0.1) is 17.1 Å². The normalized spacial score (nSPS) is 12.5. The molecule has 0 amide bonds. The van der Waals surface area contributed by atoms with Gasteiger partial charge in [-0.2, -0.15) is 0 Å². The average Bonchev–Trinajstić information content (AvgIpc) is 2.62. The zero-order valence-corrected chi connectivity index (χ0v) is 16.1. The Hall–Kier alpha value is -2.42. The van der Waals surface area contributed by atoms with Gasteiger partial charge >= 0.3 is 5.97 Å². The Bertz CT molecular complexity index is 869. The fourth-order valence-electron chi connectivity index (χ4n) is 2.62. The molecule has 2 rings (SSSR count). The van der Waals surface area contributed by atoms with E-state index in [9.17, 15) is 18.3 Å². The minimum Gasteiger partial charge on any atom is -0.478 e. The van der Waals surface area contributed by atoms with Crippen LogP contribution in [0.4, 0.5) is 5.69 Å². The van der Waals surface area contributed by atoms with Crippen molar-refractivity contribution in [2.45, 2.75) is 24.3 Å². The second-order valence-corrected chi connectivity index (χ2v) is 7.87. The largest absolute Gasteiger partial charge is 0.478 e. The van der Waals surface area contributed by atoms with Crippen LogP contribution in [-0.4, -0.2) is 45.8 Å². The lowest BCUT2D eigenvalue weighted by molar-refractivity contribution is 0.0697. The first-order chi connectivity index (χ1) is 12.8. The van der Waals surface area contributed by atoms with Gasteiger partial charge in [0.2, 0.25) is 10.0 Å². The Kier molecular flexibility index (Phi) is 7.35. The zero-order chi connectivity index (χ0) is 19.9. The van der Waals surface area contributed by atoms with Crippen LogP contribution in [0.5, 0.6) is 0 Å². The smallest absolute Gasteiger partial charge is 0.337 e. The molecule has 0 heterocycles. The molecule has 0 saturated heterocycles. The van der Waals surface area contributed by atoms with Crippen LogP contribution in [0, 0.1) is 0 Å². The number of sulfonamides is 1. The summed E-state index contributed by atoms with van der Waals surface area (Å²) in [5, 5.41) is 12.5. The summed E-state index contributed by atoms with van der Waals surface area (Å²) in [4.78, 5) is 11.5. The number of carbonyl (C=O) groups is 1. The van der Waals surface area contributed by atoms with Gasteiger partial charge in [-0.3, -0.25) is 0 Å². The summed E-state index contributed by atoms with van der Waals surface area (Å²) in [5.74, 6) is -1.20. The number of ether oxygens (including phenoxy) is 1. The number of hydrogen-bond acceptors (Lipinski definition) is 5. The molecule has 0 aliphatic heterocycles. The van der Waals surface area contributed by atoms with Crippen molar-refractivity contribution < 1.29 is 23.1 Å². The zero-order valence-electron chi connectivity index (χ0n) is 15.3. The van der Waals surface area contributed by atoms with E-state index in [1.54, 1.807) is 6.92 Å². The van der Waals surface area contributed by atoms with Gasteiger partial charge in [0.1, 0.15) is 0 Å². The van der Waals surface area contributed by atoms with Crippen LogP contribution in [0.3, 0.4) is 0 Å². The molecule has 0 aromatic heterocycles. The lowest BCUT2D eigenvalue weighted by Gasteiger charge is -2.15. The average molecular weight is 392 g/mol. The van der Waals surface area contributed by atoms with E-state index in [-0.39, 0.29) is 17.1 Å². The summed E-state index contributed by atoms with van der Waals surface area (Å²) in [6.45, 7) is 2.41. The molecule has 0 bridgehead atoms. The highest BCUT2D eigenvalue weighted by molar-refractivity contribution is 7.89. The van der Waals surface area contributed by atoms with Gasteiger partial charge in [-0.25, -0.2) is 17.9 Å². The van der Waals surface area contributed by atoms with E-state index >= 15 is 0 Å². The van der Waals surface area contributed by atoms with Crippen LogP contribution >= 0.6 is 0 Å². The molecule has 2 aromatic rings. The van der Waals surface area contributed by atoms with Gasteiger partial charge in [-0.05, 0) is 37.1 Å². The predicted molar refractivity (Wildman–Crippen MR) is 104 cm³/mol. The fourth-order valence-corrected chi connectivity index (χ4v) is 3.88. The van der Waals surface area contributed by atoms with Crippen LogP contribution in [-0.2, 0) is 21.2 Å². The van der Waals surface area contributed by atoms with Crippen molar-refractivity contribution in [3.63, 3.8) is 0 Å². The highest BCUT2D eigenvalue weighted by atomic mass is 32.2. The maximum Gasteiger partial charge on any atom is 0.337 e. The number of anilines is 1. The van der Waals surface area contributed by atoms with Gasteiger partial charge < -0.3 is 15.2 Å². The van der Waals surface area contributed by atoms with Crippen molar-refractivity contribution in [2.24, 2.45) is 0 Å². The first-order valence-corrected chi connectivity index (χ1v) is 9.98. The van der Waals surface area contributed by atoms with E-state index in [0.29, 0.717) is 12.2 Å². The van der Waals surface area contributed by atoms with E-state index in [4.69, 9.17) is 4.74 Å². The number of hydrogen-bond donors (Lipinski definition) is 3. The van der Waals surface area contributed by atoms with Crippen LogP contribution in [0.1, 0.15) is 22.8 Å². The van der Waals surface area contributed by atoms with Gasteiger partial charge in [0.25, 0.3) is 0 Å². The predicted octanol–water partition coefficient (Wildman–Crippen LogP) is 2.35. The minimum absolute atomic E-state index is 0.0923. The molecule has 0 unspecified atom stereocenters. The van der Waals surface area contributed by atoms with E-state index in [1.165, 1.54) is 19.2 Å². The van der Waals surface area contributed by atoms with Crippen molar-refractivity contribution in [1.29, 1.82) is 0 Å². The number of nitrogens with one attached hydrogen (secondary N) is 2. The van der Waals surface area contributed by atoms with Crippen LogP contribution in [0.25, 0.3) is 0 Å². The van der Waals surface area contributed by atoms with E-state index < -0.39 is 22.0 Å². The van der Waals surface area contributed by atoms with Gasteiger partial charge in [-0.15, -0.1) is 0 Å². The Morgan fingerprint density at radius 1 is 1.19 bits per heavy atom. The lowest BCUT2D eigenvalue weighted by Crippen LogP contribution is -2.35. The number of methoxy groups -OCH3 is 1. The molecule has 0 fully saturated rings. The molecule has 0 radical (unpaired) electrons. The SMILES string of the molecule is COC[C@@H](C)NS(=O)(=O)c1ccc(NCCc2ccccc2)c(C(=O)O)c1. The summed E-state index contributed by atoms with van der Waals surface area (Å²) in [6.07, 6.45) is 0.718. The maximum absolute atomic E-state index is 12.4. The Balaban J connectivity index is 2.15. The number of rotatable bonds is 10. The molecule has 2 aromatic carbocycles. The highest BCUT2D eigenvalue weighted by Gasteiger charge is 2.20. The molecule has 8 heteroatoms. The van der Waals surface area contributed by atoms with E-state index in [1.807, 2.05) is 30.3 Å². The minimum atomic E-state index is -3.84. The number of aromatic carboxylic acids is 1. The molecular formula is C19H24N2O5S. The fraction of sp³-hybridized carbons (Fsp3) is 0.316. The van der Waals surface area contributed by atoms with Crippen molar-refractivity contribution in [3.8, 4) is 0 Å². The lowest BCUT2D eigenvalue weighted by atomic mass is 10.1. The molecule has 1 atom stereocenters. The quantitative estimate of drug-likeness (QED) is 0.573. The molecule has 146 valence electrons. The first kappa shape index (κ1) is 20.9. The topological polar surface area (TPSA) is 105 Å². The molecule has 0 saturated carbocycles. The molecule has 0 aliphatic carbocycles. The number of carboxylic acid groups (broad SMARTS) is 1. The molecule has 0 aliphatic rings. The third-order valence-electron chi connectivity index (χ3n) is 3.88. The molecule has 3 N–H and O–H groups in total. The van der Waals surface area contributed by atoms with Crippen LogP contribution < -0.4 is 10.0 Å². The standard InChI is InChI=1S/C19H24N2O5S/c1-14(13-26-2)21-27(24,25)16-8-9-18(17(12-16)19(22)23)20-11-10-15-6-4-3-5-7-15/h3-9,12,14,20-21H,10-11,13H2,1-2H3,(H,22,23)/t14-/m1/s1.